The van der Waals surface area contributed by atoms with Crippen LogP contribution in [0.15, 0.2) is 4.99 Å². The summed E-state index contributed by atoms with van der Waals surface area (Å²) < 4.78 is 45.7. The number of alkyl carbamates (subject to hydrolysis) is 1. The lowest BCUT2D eigenvalue weighted by molar-refractivity contribution is -0.173. The largest absolute Gasteiger partial charge is 0.444 e. The molecule has 0 bridgehead atoms. The minimum Gasteiger partial charge on any atom is -0.444 e. The highest BCUT2D eigenvalue weighted by Gasteiger charge is 2.28. The van der Waals surface area contributed by atoms with Crippen LogP contribution in [0.2, 0.25) is 0 Å². The van der Waals surface area contributed by atoms with Gasteiger partial charge in [0, 0.05) is 33.3 Å². The zero-order chi connectivity index (χ0) is 19.8. The Morgan fingerprint density at radius 2 is 2.00 bits per heavy atom. The summed E-state index contributed by atoms with van der Waals surface area (Å²) in [5.74, 6) is 0.648. The second-order valence-electron chi connectivity index (χ2n) is 7.07. The molecule has 1 fully saturated rings. The van der Waals surface area contributed by atoms with Crippen LogP contribution in [-0.4, -0.2) is 74.7 Å². The quantitative estimate of drug-likeness (QED) is 0.418. The van der Waals surface area contributed by atoms with E-state index in [0.717, 1.165) is 6.42 Å². The molecule has 0 aliphatic carbocycles. The summed E-state index contributed by atoms with van der Waals surface area (Å²) in [4.78, 5) is 18.0. The van der Waals surface area contributed by atoms with Crippen LogP contribution in [0.25, 0.3) is 0 Å². The minimum atomic E-state index is -4.30. The van der Waals surface area contributed by atoms with Crippen LogP contribution in [0.5, 0.6) is 0 Å². The second-order valence-corrected chi connectivity index (χ2v) is 7.07. The molecule has 7 nitrogen and oxygen atoms in total. The van der Waals surface area contributed by atoms with Crippen LogP contribution < -0.4 is 10.6 Å². The van der Waals surface area contributed by atoms with E-state index in [4.69, 9.17) is 4.74 Å². The number of carbonyl (C=O) groups is 1. The fourth-order valence-electron chi connectivity index (χ4n) is 2.44. The number of guanidine groups is 1. The number of nitrogens with one attached hydrogen (secondary N) is 2. The molecule has 152 valence electrons. The average molecular weight is 382 g/mol. The Morgan fingerprint density at radius 1 is 1.31 bits per heavy atom. The lowest BCUT2D eigenvalue weighted by atomic mass is 10.2. The first kappa shape index (κ1) is 22.3. The number of carbonyl (C=O) groups excluding carboxylic acids is 1. The molecule has 1 aliphatic rings. The molecule has 0 saturated carbocycles. The summed E-state index contributed by atoms with van der Waals surface area (Å²) in [5.41, 5.74) is -0.547. The average Bonchev–Trinajstić information content (AvgIpc) is 2.91. The van der Waals surface area contributed by atoms with Gasteiger partial charge in [-0.2, -0.15) is 13.2 Å². The summed E-state index contributed by atoms with van der Waals surface area (Å²) in [6.07, 6.45) is -3.55. The van der Waals surface area contributed by atoms with Crippen molar-refractivity contribution < 1.29 is 27.4 Å². The summed E-state index contributed by atoms with van der Waals surface area (Å²) in [6.45, 7) is 5.95. The van der Waals surface area contributed by atoms with Crippen LogP contribution in [0.3, 0.4) is 0 Å². The zero-order valence-electron chi connectivity index (χ0n) is 15.8. The van der Waals surface area contributed by atoms with E-state index < -0.39 is 24.5 Å². The van der Waals surface area contributed by atoms with Gasteiger partial charge in [0.25, 0.3) is 0 Å². The summed E-state index contributed by atoms with van der Waals surface area (Å²) in [6, 6.07) is -0.0430. The Morgan fingerprint density at radius 3 is 2.58 bits per heavy atom. The van der Waals surface area contributed by atoms with Crippen molar-refractivity contribution in [2.24, 2.45) is 4.99 Å². The molecule has 1 aliphatic heterocycles. The number of aliphatic imine (C=N–C) groups is 1. The number of ether oxygens (including phenoxy) is 2. The van der Waals surface area contributed by atoms with E-state index in [1.54, 1.807) is 27.8 Å². The summed E-state index contributed by atoms with van der Waals surface area (Å²) in [7, 11) is 1.64. The van der Waals surface area contributed by atoms with Crippen molar-refractivity contribution in [3.8, 4) is 0 Å². The molecule has 0 radical (unpaired) electrons. The van der Waals surface area contributed by atoms with Gasteiger partial charge in [-0.15, -0.1) is 0 Å². The van der Waals surface area contributed by atoms with E-state index >= 15 is 0 Å². The number of likely N-dealkylation sites (tertiary alicyclic amines) is 1. The number of alkyl halides is 3. The Balaban J connectivity index is 2.27. The van der Waals surface area contributed by atoms with Crippen molar-refractivity contribution in [2.45, 2.75) is 51.4 Å². The number of rotatable bonds is 6. The molecular formula is C16H29F3N4O3. The van der Waals surface area contributed by atoms with Crippen LogP contribution in [0.1, 0.15) is 33.6 Å². The predicted octanol–water partition coefficient (Wildman–Crippen LogP) is 2.13. The number of amides is 1. The Labute approximate surface area is 152 Å². The first-order valence-corrected chi connectivity index (χ1v) is 8.60. The topological polar surface area (TPSA) is 75.2 Å². The fourth-order valence-corrected chi connectivity index (χ4v) is 2.44. The predicted molar refractivity (Wildman–Crippen MR) is 92.2 cm³/mol. The number of halogens is 3. The van der Waals surface area contributed by atoms with Gasteiger partial charge >= 0.3 is 12.3 Å². The van der Waals surface area contributed by atoms with Gasteiger partial charge in [0.05, 0.1) is 6.04 Å². The van der Waals surface area contributed by atoms with E-state index in [2.05, 4.69) is 20.4 Å². The van der Waals surface area contributed by atoms with Crippen LogP contribution in [-0.2, 0) is 9.47 Å². The van der Waals surface area contributed by atoms with E-state index in [0.29, 0.717) is 32.0 Å². The number of hydrogen-bond donors (Lipinski definition) is 2. The standard InChI is InChI=1S/C16H29F3N4O3/c1-15(2,3)26-14(24)22-12-6-8-23(10-12)13(20-4)21-7-5-9-25-11-16(17,18)19/h12H,5-11H2,1-4H3,(H,20,21)(H,22,24). The maximum absolute atomic E-state index is 12.0. The van der Waals surface area contributed by atoms with Gasteiger partial charge in [0.15, 0.2) is 5.96 Å². The Hall–Kier alpha value is -1.71. The second kappa shape index (κ2) is 9.84. The highest BCUT2D eigenvalue weighted by atomic mass is 19.4. The summed E-state index contributed by atoms with van der Waals surface area (Å²) in [5, 5.41) is 5.92. The lowest BCUT2D eigenvalue weighted by Crippen LogP contribution is -2.44. The van der Waals surface area contributed by atoms with E-state index in [1.165, 1.54) is 0 Å². The Kier molecular flexibility index (Phi) is 8.45. The van der Waals surface area contributed by atoms with Crippen molar-refractivity contribution in [1.29, 1.82) is 0 Å². The zero-order valence-corrected chi connectivity index (χ0v) is 15.8. The number of nitrogens with zero attached hydrogens (tertiary/aromatic N) is 2. The molecule has 10 heteroatoms. The normalized spacial score (nSPS) is 18.8. The number of hydrogen-bond acceptors (Lipinski definition) is 4. The van der Waals surface area contributed by atoms with Gasteiger partial charge in [0.1, 0.15) is 12.2 Å². The molecule has 1 amide bonds. The van der Waals surface area contributed by atoms with E-state index in [1.807, 2.05) is 4.90 Å². The van der Waals surface area contributed by atoms with E-state index in [9.17, 15) is 18.0 Å². The molecule has 1 saturated heterocycles. The molecular weight excluding hydrogens is 353 g/mol. The van der Waals surface area contributed by atoms with Gasteiger partial charge in [0.2, 0.25) is 0 Å². The SMILES string of the molecule is CN=C(NCCCOCC(F)(F)F)N1CCC(NC(=O)OC(C)(C)C)C1. The first-order valence-electron chi connectivity index (χ1n) is 8.60. The molecule has 0 aromatic rings. The van der Waals surface area contributed by atoms with Gasteiger partial charge in [-0.25, -0.2) is 4.79 Å². The van der Waals surface area contributed by atoms with Gasteiger partial charge in [-0.3, -0.25) is 4.99 Å². The van der Waals surface area contributed by atoms with Crippen molar-refractivity contribution in [2.75, 3.05) is 39.9 Å². The smallest absolute Gasteiger partial charge is 0.411 e. The third-order valence-corrected chi connectivity index (χ3v) is 3.43. The van der Waals surface area contributed by atoms with Crippen LogP contribution in [0.4, 0.5) is 18.0 Å². The van der Waals surface area contributed by atoms with Gasteiger partial charge in [-0.05, 0) is 33.6 Å². The van der Waals surface area contributed by atoms with Crippen LogP contribution >= 0.6 is 0 Å². The lowest BCUT2D eigenvalue weighted by Gasteiger charge is -2.23. The minimum absolute atomic E-state index is 0.0202. The third-order valence-electron chi connectivity index (χ3n) is 3.43. The summed E-state index contributed by atoms with van der Waals surface area (Å²) >= 11 is 0. The van der Waals surface area contributed by atoms with Gasteiger partial charge in [-0.1, -0.05) is 0 Å². The maximum Gasteiger partial charge on any atom is 0.411 e. The molecule has 2 N–H and O–H groups in total. The Bertz CT molecular complexity index is 478. The van der Waals surface area contributed by atoms with Crippen molar-refractivity contribution in [1.82, 2.24) is 15.5 Å². The highest BCUT2D eigenvalue weighted by Crippen LogP contribution is 2.14. The molecule has 26 heavy (non-hydrogen) atoms. The first-order chi connectivity index (χ1) is 12.0. The molecule has 0 spiro atoms. The molecule has 1 rings (SSSR count). The van der Waals surface area contributed by atoms with Crippen LogP contribution in [0, 0.1) is 0 Å². The van der Waals surface area contributed by atoms with E-state index in [-0.39, 0.29) is 12.6 Å². The fraction of sp³-hybridized carbons (Fsp3) is 0.875. The highest BCUT2D eigenvalue weighted by molar-refractivity contribution is 5.80. The monoisotopic (exact) mass is 382 g/mol. The van der Waals surface area contributed by atoms with Crippen molar-refractivity contribution in [3.05, 3.63) is 0 Å². The maximum atomic E-state index is 12.0. The van der Waals surface area contributed by atoms with Crippen molar-refractivity contribution >= 4 is 12.1 Å². The molecule has 0 aromatic carbocycles. The van der Waals surface area contributed by atoms with Crippen molar-refractivity contribution in [3.63, 3.8) is 0 Å². The van der Waals surface area contributed by atoms with Gasteiger partial charge < -0.3 is 25.0 Å². The molecule has 1 atom stereocenters. The molecule has 1 unspecified atom stereocenters. The molecule has 1 heterocycles. The molecule has 0 aromatic heterocycles. The third kappa shape index (κ3) is 9.69.